The number of thioether (sulfide) groups is 1. The summed E-state index contributed by atoms with van der Waals surface area (Å²) in [6.07, 6.45) is -3.33. The van der Waals surface area contributed by atoms with Gasteiger partial charge in [-0.15, -0.1) is 8.78 Å². The maximum absolute atomic E-state index is 13.0. The molecule has 0 saturated carbocycles. The van der Waals surface area contributed by atoms with Gasteiger partial charge in [-0.25, -0.2) is 0 Å². The van der Waals surface area contributed by atoms with Crippen molar-refractivity contribution in [2.24, 2.45) is 5.92 Å². The molecule has 8 heteroatoms. The number of halogens is 2. The smallest absolute Gasteiger partial charge is 0.395 e. The van der Waals surface area contributed by atoms with Crippen LogP contribution in [0.4, 0.5) is 14.5 Å². The lowest BCUT2D eigenvalue weighted by atomic mass is 10.1. The molecule has 2 aliphatic heterocycles. The van der Waals surface area contributed by atoms with Crippen LogP contribution < -0.4 is 14.4 Å². The lowest BCUT2D eigenvalue weighted by molar-refractivity contribution is -0.286. The first kappa shape index (κ1) is 15.1. The summed E-state index contributed by atoms with van der Waals surface area (Å²) in [5.41, 5.74) is 0.486. The standard InChI is InChI=1S/C14H13F2NO4S/c1-8(18)22-7-9-4-13(19)17(6-9)10-2-3-11-12(5-10)21-14(15,16)20-11/h2-3,5,9H,4,6-7H2,1H3. The first-order valence-electron chi connectivity index (χ1n) is 6.68. The molecule has 1 amide bonds. The maximum Gasteiger partial charge on any atom is 0.586 e. The Bertz CT molecular complexity index is 637. The Labute approximate surface area is 129 Å². The van der Waals surface area contributed by atoms with Crippen LogP contribution in [0.15, 0.2) is 18.2 Å². The summed E-state index contributed by atoms with van der Waals surface area (Å²) in [6.45, 7) is 1.94. The number of anilines is 1. The summed E-state index contributed by atoms with van der Waals surface area (Å²) in [5, 5.41) is 0.0104. The van der Waals surface area contributed by atoms with Gasteiger partial charge in [0.2, 0.25) is 5.91 Å². The second-order valence-electron chi connectivity index (χ2n) is 5.18. The molecular weight excluding hydrogens is 316 g/mol. The van der Waals surface area contributed by atoms with Gasteiger partial charge in [-0.3, -0.25) is 9.59 Å². The topological polar surface area (TPSA) is 55.8 Å². The molecule has 0 bridgehead atoms. The molecule has 5 nitrogen and oxygen atoms in total. The molecule has 3 rings (SSSR count). The molecule has 1 fully saturated rings. The Hall–Kier alpha value is -1.83. The Kier molecular flexibility index (Phi) is 3.72. The lowest BCUT2D eigenvalue weighted by Gasteiger charge is -2.17. The molecule has 1 atom stereocenters. The minimum Gasteiger partial charge on any atom is -0.395 e. The molecule has 2 heterocycles. The number of rotatable bonds is 3. The van der Waals surface area contributed by atoms with Crippen molar-refractivity contribution < 1.29 is 27.8 Å². The van der Waals surface area contributed by atoms with E-state index >= 15 is 0 Å². The predicted octanol–water partition coefficient (Wildman–Crippen LogP) is 2.64. The predicted molar refractivity (Wildman–Crippen MR) is 76.2 cm³/mol. The van der Waals surface area contributed by atoms with Gasteiger partial charge in [-0.05, 0) is 18.1 Å². The van der Waals surface area contributed by atoms with E-state index in [4.69, 9.17) is 0 Å². The maximum atomic E-state index is 13.0. The van der Waals surface area contributed by atoms with Gasteiger partial charge >= 0.3 is 6.29 Å². The van der Waals surface area contributed by atoms with E-state index in [0.717, 1.165) is 0 Å². The molecule has 0 spiro atoms. The fourth-order valence-corrected chi connectivity index (χ4v) is 3.18. The fourth-order valence-electron chi connectivity index (χ4n) is 2.48. The molecule has 118 valence electrons. The van der Waals surface area contributed by atoms with Gasteiger partial charge in [0.05, 0.1) is 0 Å². The largest absolute Gasteiger partial charge is 0.586 e. The van der Waals surface area contributed by atoms with Crippen molar-refractivity contribution in [3.63, 3.8) is 0 Å². The molecular formula is C14H13F2NO4S. The number of alkyl halides is 2. The number of carbonyl (C=O) groups is 2. The van der Waals surface area contributed by atoms with Gasteiger partial charge in [-0.1, -0.05) is 11.8 Å². The quantitative estimate of drug-likeness (QED) is 0.853. The van der Waals surface area contributed by atoms with E-state index in [1.54, 1.807) is 6.07 Å². The number of nitrogens with zero attached hydrogens (tertiary/aromatic N) is 1. The number of amides is 1. The molecule has 1 aromatic carbocycles. The molecule has 2 aliphatic rings. The highest BCUT2D eigenvalue weighted by Gasteiger charge is 2.44. The Balaban J connectivity index is 1.73. The third-order valence-electron chi connectivity index (χ3n) is 3.42. The van der Waals surface area contributed by atoms with E-state index in [1.165, 1.54) is 35.7 Å². The average Bonchev–Trinajstić information content (AvgIpc) is 2.93. The molecule has 0 N–H and O–H groups in total. The highest BCUT2D eigenvalue weighted by molar-refractivity contribution is 8.13. The van der Waals surface area contributed by atoms with Gasteiger partial charge in [0.15, 0.2) is 16.6 Å². The van der Waals surface area contributed by atoms with Crippen LogP contribution in [0.1, 0.15) is 13.3 Å². The second-order valence-corrected chi connectivity index (χ2v) is 6.37. The Morgan fingerprint density at radius 3 is 2.86 bits per heavy atom. The summed E-state index contributed by atoms with van der Waals surface area (Å²) in [7, 11) is 0. The second kappa shape index (κ2) is 5.42. The van der Waals surface area contributed by atoms with Crippen molar-refractivity contribution in [1.82, 2.24) is 0 Å². The zero-order chi connectivity index (χ0) is 15.9. The molecule has 22 heavy (non-hydrogen) atoms. The summed E-state index contributed by atoms with van der Waals surface area (Å²) in [5.74, 6) is 0.397. The van der Waals surface area contributed by atoms with Crippen molar-refractivity contribution in [2.45, 2.75) is 19.6 Å². The van der Waals surface area contributed by atoms with Crippen molar-refractivity contribution in [3.8, 4) is 11.5 Å². The van der Waals surface area contributed by atoms with Gasteiger partial charge in [-0.2, -0.15) is 0 Å². The zero-order valence-corrected chi connectivity index (χ0v) is 12.5. The van der Waals surface area contributed by atoms with Crippen molar-refractivity contribution in [1.29, 1.82) is 0 Å². The number of hydrogen-bond donors (Lipinski definition) is 0. The third-order valence-corrected chi connectivity index (χ3v) is 4.47. The van der Waals surface area contributed by atoms with E-state index in [0.29, 0.717) is 24.4 Å². The highest BCUT2D eigenvalue weighted by atomic mass is 32.2. The average molecular weight is 329 g/mol. The summed E-state index contributed by atoms with van der Waals surface area (Å²) < 4.78 is 34.7. The SMILES string of the molecule is CC(=O)SCC1CC(=O)N(c2ccc3c(c2)OC(F)(F)O3)C1. The minimum absolute atomic E-state index is 0.0104. The van der Waals surface area contributed by atoms with Gasteiger partial charge in [0.1, 0.15) is 0 Å². The number of carbonyl (C=O) groups excluding carboxylic acids is 2. The van der Waals surface area contributed by atoms with Crippen LogP contribution in [-0.2, 0) is 9.59 Å². The first-order valence-corrected chi connectivity index (χ1v) is 7.66. The van der Waals surface area contributed by atoms with Crippen molar-refractivity contribution in [2.75, 3.05) is 17.2 Å². The summed E-state index contributed by atoms with van der Waals surface area (Å²) in [4.78, 5) is 24.6. The van der Waals surface area contributed by atoms with E-state index in [-0.39, 0.29) is 28.4 Å². The van der Waals surface area contributed by atoms with E-state index in [1.807, 2.05) is 0 Å². The van der Waals surface area contributed by atoms with Crippen LogP contribution in [0.25, 0.3) is 0 Å². The van der Waals surface area contributed by atoms with Crippen LogP contribution in [0, 0.1) is 5.92 Å². The Morgan fingerprint density at radius 1 is 1.41 bits per heavy atom. The number of fused-ring (bicyclic) bond motifs is 1. The highest BCUT2D eigenvalue weighted by Crippen LogP contribution is 2.43. The number of benzene rings is 1. The van der Waals surface area contributed by atoms with Crippen LogP contribution >= 0.6 is 11.8 Å². The van der Waals surface area contributed by atoms with E-state index in [2.05, 4.69) is 9.47 Å². The number of hydrogen-bond acceptors (Lipinski definition) is 5. The fraction of sp³-hybridized carbons (Fsp3) is 0.429. The molecule has 1 unspecified atom stereocenters. The normalized spacial score (nSPS) is 22.2. The molecule has 1 aromatic rings. The van der Waals surface area contributed by atoms with Gasteiger partial charge in [0, 0.05) is 37.4 Å². The van der Waals surface area contributed by atoms with Crippen LogP contribution in [-0.4, -0.2) is 29.6 Å². The molecule has 1 saturated heterocycles. The van der Waals surface area contributed by atoms with Crippen LogP contribution in [0.2, 0.25) is 0 Å². The van der Waals surface area contributed by atoms with Gasteiger partial charge in [0.25, 0.3) is 0 Å². The monoisotopic (exact) mass is 329 g/mol. The lowest BCUT2D eigenvalue weighted by Crippen LogP contribution is -2.26. The van der Waals surface area contributed by atoms with Crippen molar-refractivity contribution in [3.05, 3.63) is 18.2 Å². The van der Waals surface area contributed by atoms with E-state index < -0.39 is 6.29 Å². The molecule has 0 aliphatic carbocycles. The molecule has 0 radical (unpaired) electrons. The van der Waals surface area contributed by atoms with Crippen LogP contribution in [0.3, 0.4) is 0 Å². The van der Waals surface area contributed by atoms with Gasteiger partial charge < -0.3 is 14.4 Å². The summed E-state index contributed by atoms with van der Waals surface area (Å²) in [6, 6.07) is 4.27. The molecule has 0 aromatic heterocycles. The van der Waals surface area contributed by atoms with E-state index in [9.17, 15) is 18.4 Å². The third kappa shape index (κ3) is 3.01. The summed E-state index contributed by atoms with van der Waals surface area (Å²) >= 11 is 1.19. The zero-order valence-electron chi connectivity index (χ0n) is 11.7. The minimum atomic E-state index is -3.67. The first-order chi connectivity index (χ1) is 10.3. The number of ether oxygens (including phenoxy) is 2. The Morgan fingerprint density at radius 2 is 2.14 bits per heavy atom. The van der Waals surface area contributed by atoms with Crippen molar-refractivity contribution >= 4 is 28.5 Å². The van der Waals surface area contributed by atoms with Crippen LogP contribution in [0.5, 0.6) is 11.5 Å².